The lowest BCUT2D eigenvalue weighted by Gasteiger charge is -2.12. The second-order valence-electron chi connectivity index (χ2n) is 4.94. The van der Waals surface area contributed by atoms with Gasteiger partial charge in [-0.2, -0.15) is 0 Å². The fraction of sp³-hybridized carbons (Fsp3) is 0.235. The van der Waals surface area contributed by atoms with Crippen LogP contribution in [0.4, 0.5) is 0 Å². The molecule has 0 bridgehead atoms. The highest BCUT2D eigenvalue weighted by Gasteiger charge is 2.13. The lowest BCUT2D eigenvalue weighted by Crippen LogP contribution is -2.00. The minimum Gasteiger partial charge on any atom is -0.316 e. The van der Waals surface area contributed by atoms with Gasteiger partial charge in [0.05, 0.1) is 15.7 Å². The summed E-state index contributed by atoms with van der Waals surface area (Å²) in [5, 5.41) is 1.22. The molecular weight excluding hydrogens is 337 g/mol. The van der Waals surface area contributed by atoms with Crippen LogP contribution in [0.25, 0.3) is 11.8 Å². The summed E-state index contributed by atoms with van der Waals surface area (Å²) < 4.78 is 2.09. The van der Waals surface area contributed by atoms with Crippen molar-refractivity contribution >= 4 is 46.2 Å². The van der Waals surface area contributed by atoms with Gasteiger partial charge in [-0.15, -0.1) is 0 Å². The van der Waals surface area contributed by atoms with Gasteiger partial charge in [-0.3, -0.25) is 4.79 Å². The fourth-order valence-corrected chi connectivity index (χ4v) is 3.14. The average molecular weight is 354 g/mol. The first kappa shape index (κ1) is 17.2. The Labute approximate surface area is 145 Å². The van der Waals surface area contributed by atoms with E-state index in [0.717, 1.165) is 22.6 Å². The molecule has 0 amide bonds. The average Bonchev–Trinajstić information content (AvgIpc) is 2.73. The van der Waals surface area contributed by atoms with Crippen molar-refractivity contribution in [3.8, 4) is 5.69 Å². The molecule has 2 nitrogen and oxygen atoms in total. The zero-order valence-corrected chi connectivity index (χ0v) is 15.0. The Bertz CT molecular complexity index is 735. The van der Waals surface area contributed by atoms with E-state index in [9.17, 15) is 4.79 Å². The number of rotatable bonds is 4. The van der Waals surface area contributed by atoms with Crippen LogP contribution in [0.15, 0.2) is 30.3 Å². The monoisotopic (exact) mass is 353 g/mol. The van der Waals surface area contributed by atoms with Gasteiger partial charge >= 0.3 is 0 Å². The number of hydrogen-bond acceptors (Lipinski definition) is 2. The molecule has 0 radical (unpaired) electrons. The van der Waals surface area contributed by atoms with Gasteiger partial charge in [0.25, 0.3) is 0 Å². The molecule has 1 heterocycles. The van der Waals surface area contributed by atoms with E-state index >= 15 is 0 Å². The summed E-state index contributed by atoms with van der Waals surface area (Å²) in [4.78, 5) is 10.9. The second-order valence-corrected chi connectivity index (χ2v) is 6.92. The first-order valence-electron chi connectivity index (χ1n) is 6.85. The van der Waals surface area contributed by atoms with Crippen LogP contribution in [-0.4, -0.2) is 15.4 Å². The third kappa shape index (κ3) is 3.78. The van der Waals surface area contributed by atoms with E-state index in [4.69, 9.17) is 23.2 Å². The molecule has 0 aliphatic carbocycles. The van der Waals surface area contributed by atoms with Crippen molar-refractivity contribution < 1.29 is 4.79 Å². The molecular formula is C17H17Cl2NOS. The van der Waals surface area contributed by atoms with E-state index in [1.54, 1.807) is 13.0 Å². The van der Waals surface area contributed by atoms with E-state index < -0.39 is 0 Å². The van der Waals surface area contributed by atoms with Crippen molar-refractivity contribution in [2.75, 3.05) is 5.75 Å². The molecule has 2 aromatic rings. The summed E-state index contributed by atoms with van der Waals surface area (Å²) in [5.41, 5.74) is 4.16. The van der Waals surface area contributed by atoms with Gasteiger partial charge in [0, 0.05) is 24.1 Å². The molecule has 0 unspecified atom stereocenters. The molecule has 0 spiro atoms. The van der Waals surface area contributed by atoms with Gasteiger partial charge < -0.3 is 4.57 Å². The summed E-state index contributed by atoms with van der Waals surface area (Å²) in [5.74, 6) is 0.678. The minimum atomic E-state index is 0.126. The molecule has 0 fully saturated rings. The molecule has 0 N–H and O–H groups in total. The summed E-state index contributed by atoms with van der Waals surface area (Å²) in [6.45, 7) is 5.65. The molecule has 0 aliphatic rings. The summed E-state index contributed by atoms with van der Waals surface area (Å²) in [7, 11) is 0. The Morgan fingerprint density at radius 1 is 1.32 bits per heavy atom. The van der Waals surface area contributed by atoms with Crippen LogP contribution in [-0.2, 0) is 4.79 Å². The van der Waals surface area contributed by atoms with Gasteiger partial charge in [-0.05, 0) is 37.6 Å². The number of aromatic nitrogens is 1. The minimum absolute atomic E-state index is 0.126. The number of hydrogen-bond donors (Lipinski definition) is 0. The molecule has 0 atom stereocenters. The predicted octanol–water partition coefficient (Wildman–Crippen LogP) is 5.69. The standard InChI is InChI=1S/C17H17Cl2NOS/c1-11-10-14(6-5-9-22-13(3)21)12(2)20(11)16-8-4-7-15(18)17(16)19/h4-8,10H,9H2,1-3H3. The molecule has 0 saturated heterocycles. The maximum atomic E-state index is 10.9. The topological polar surface area (TPSA) is 22.0 Å². The van der Waals surface area contributed by atoms with E-state index in [-0.39, 0.29) is 5.12 Å². The van der Waals surface area contributed by atoms with E-state index in [1.165, 1.54) is 11.8 Å². The maximum Gasteiger partial charge on any atom is 0.186 e. The molecule has 22 heavy (non-hydrogen) atoms. The molecule has 0 saturated carbocycles. The molecule has 5 heteroatoms. The first-order chi connectivity index (χ1) is 10.4. The van der Waals surface area contributed by atoms with Gasteiger partial charge in [0.2, 0.25) is 0 Å². The highest BCUT2D eigenvalue weighted by atomic mass is 35.5. The first-order valence-corrected chi connectivity index (χ1v) is 8.59. The largest absolute Gasteiger partial charge is 0.316 e. The molecule has 116 valence electrons. The smallest absolute Gasteiger partial charge is 0.186 e. The van der Waals surface area contributed by atoms with Crippen molar-refractivity contribution in [3.05, 3.63) is 57.3 Å². The SMILES string of the molecule is CC(=O)SCC=Cc1cc(C)n(-c2cccc(Cl)c2Cl)c1C. The molecule has 1 aromatic heterocycles. The van der Waals surface area contributed by atoms with Gasteiger partial charge in [0.15, 0.2) is 5.12 Å². The number of thioether (sulfide) groups is 1. The number of carbonyl (C=O) groups is 1. The summed E-state index contributed by atoms with van der Waals surface area (Å²) in [6, 6.07) is 7.72. The van der Waals surface area contributed by atoms with Crippen LogP contribution < -0.4 is 0 Å². The fourth-order valence-electron chi connectivity index (χ4n) is 2.33. The quantitative estimate of drug-likeness (QED) is 0.703. The molecule has 1 aromatic carbocycles. The van der Waals surface area contributed by atoms with Gasteiger partial charge in [-0.1, -0.05) is 53.2 Å². The highest BCUT2D eigenvalue weighted by molar-refractivity contribution is 8.13. The Morgan fingerprint density at radius 3 is 2.73 bits per heavy atom. The van der Waals surface area contributed by atoms with Crippen molar-refractivity contribution in [1.82, 2.24) is 4.57 Å². The summed E-state index contributed by atoms with van der Waals surface area (Å²) >= 11 is 13.7. The molecule has 2 rings (SSSR count). The Kier molecular flexibility index (Phi) is 5.79. The van der Waals surface area contributed by atoms with Crippen LogP contribution in [0.3, 0.4) is 0 Å². The lowest BCUT2D eigenvalue weighted by atomic mass is 10.2. The second kappa shape index (κ2) is 7.40. The van der Waals surface area contributed by atoms with Crippen molar-refractivity contribution in [3.63, 3.8) is 0 Å². The van der Waals surface area contributed by atoms with Gasteiger partial charge in [-0.25, -0.2) is 0 Å². The third-order valence-corrected chi connectivity index (χ3v) is 4.90. The van der Waals surface area contributed by atoms with E-state index in [2.05, 4.69) is 10.6 Å². The predicted molar refractivity (Wildman–Crippen MR) is 97.4 cm³/mol. The summed E-state index contributed by atoms with van der Waals surface area (Å²) in [6.07, 6.45) is 4.03. The third-order valence-electron chi connectivity index (χ3n) is 3.32. The number of benzene rings is 1. The number of aryl methyl sites for hydroxylation is 1. The van der Waals surface area contributed by atoms with Crippen LogP contribution in [0.2, 0.25) is 10.0 Å². The zero-order chi connectivity index (χ0) is 16.3. The zero-order valence-electron chi connectivity index (χ0n) is 12.7. The highest BCUT2D eigenvalue weighted by Crippen LogP contribution is 2.31. The maximum absolute atomic E-state index is 10.9. The Hall–Kier alpha value is -1.16. The number of halogens is 2. The van der Waals surface area contributed by atoms with E-state index in [0.29, 0.717) is 15.8 Å². The van der Waals surface area contributed by atoms with Crippen molar-refractivity contribution in [2.45, 2.75) is 20.8 Å². The number of nitrogens with zero attached hydrogens (tertiary/aromatic N) is 1. The normalized spacial score (nSPS) is 11.3. The van der Waals surface area contributed by atoms with Crippen LogP contribution in [0.1, 0.15) is 23.9 Å². The Morgan fingerprint density at radius 2 is 2.05 bits per heavy atom. The molecule has 0 aliphatic heterocycles. The van der Waals surface area contributed by atoms with E-state index in [1.807, 2.05) is 38.1 Å². The Balaban J connectivity index is 2.35. The van der Waals surface area contributed by atoms with Crippen LogP contribution >= 0.6 is 35.0 Å². The van der Waals surface area contributed by atoms with Crippen molar-refractivity contribution in [2.24, 2.45) is 0 Å². The van der Waals surface area contributed by atoms with Crippen molar-refractivity contribution in [1.29, 1.82) is 0 Å². The van der Waals surface area contributed by atoms with Gasteiger partial charge in [0.1, 0.15) is 0 Å². The lowest BCUT2D eigenvalue weighted by molar-refractivity contribution is -0.109. The van der Waals surface area contributed by atoms with Crippen LogP contribution in [0.5, 0.6) is 0 Å². The number of carbonyl (C=O) groups excluding carboxylic acids is 1. The van der Waals surface area contributed by atoms with Crippen LogP contribution in [0, 0.1) is 13.8 Å².